The van der Waals surface area contributed by atoms with Gasteiger partial charge >= 0.3 is 5.97 Å². The molecule has 2 heteroatoms. The zero-order valence-electron chi connectivity index (χ0n) is 12.9. The average molecular weight is 266 g/mol. The van der Waals surface area contributed by atoms with Gasteiger partial charge in [-0.25, -0.2) is 0 Å². The molecule has 2 rings (SSSR count). The molecular weight excluding hydrogens is 236 g/mol. The SMILES string of the molecule is CC(C)(C)C1CCC(C(=O)O)(C2CCCCC2)CC1. The number of carbonyl (C=O) groups is 1. The summed E-state index contributed by atoms with van der Waals surface area (Å²) in [6.45, 7) is 6.89. The lowest BCUT2D eigenvalue weighted by molar-refractivity contribution is -0.158. The molecule has 19 heavy (non-hydrogen) atoms. The average Bonchev–Trinajstić information content (AvgIpc) is 2.38. The Kier molecular flexibility index (Phi) is 4.27. The topological polar surface area (TPSA) is 37.3 Å². The minimum atomic E-state index is -0.508. The van der Waals surface area contributed by atoms with Gasteiger partial charge in [0.15, 0.2) is 0 Å². The van der Waals surface area contributed by atoms with E-state index in [-0.39, 0.29) is 5.41 Å². The molecule has 0 radical (unpaired) electrons. The maximum atomic E-state index is 11.9. The van der Waals surface area contributed by atoms with Crippen molar-refractivity contribution in [3.05, 3.63) is 0 Å². The number of aliphatic carboxylic acids is 1. The lowest BCUT2D eigenvalue weighted by Crippen LogP contribution is -2.44. The van der Waals surface area contributed by atoms with Gasteiger partial charge in [-0.1, -0.05) is 40.0 Å². The van der Waals surface area contributed by atoms with Gasteiger partial charge in [0.05, 0.1) is 5.41 Å². The molecule has 110 valence electrons. The van der Waals surface area contributed by atoms with Crippen LogP contribution in [-0.2, 0) is 4.79 Å². The van der Waals surface area contributed by atoms with Crippen LogP contribution < -0.4 is 0 Å². The summed E-state index contributed by atoms with van der Waals surface area (Å²) in [5.74, 6) is 0.634. The van der Waals surface area contributed by atoms with E-state index >= 15 is 0 Å². The van der Waals surface area contributed by atoms with Crippen LogP contribution in [0.5, 0.6) is 0 Å². The Balaban J connectivity index is 2.09. The van der Waals surface area contributed by atoms with Gasteiger partial charge in [0, 0.05) is 0 Å². The molecule has 0 saturated heterocycles. The van der Waals surface area contributed by atoms with Gasteiger partial charge < -0.3 is 5.11 Å². The number of rotatable bonds is 2. The predicted octanol–water partition coefficient (Wildman–Crippen LogP) is 4.87. The summed E-state index contributed by atoms with van der Waals surface area (Å²) in [5.41, 5.74) is -0.0562. The van der Waals surface area contributed by atoms with Crippen LogP contribution in [-0.4, -0.2) is 11.1 Å². The zero-order valence-corrected chi connectivity index (χ0v) is 12.9. The fourth-order valence-corrected chi connectivity index (χ4v) is 4.45. The van der Waals surface area contributed by atoms with Gasteiger partial charge in [-0.05, 0) is 55.8 Å². The summed E-state index contributed by atoms with van der Waals surface area (Å²) in [7, 11) is 0. The highest BCUT2D eigenvalue weighted by atomic mass is 16.4. The molecular formula is C17H30O2. The van der Waals surface area contributed by atoms with Crippen molar-refractivity contribution < 1.29 is 9.90 Å². The number of carboxylic acids is 1. The van der Waals surface area contributed by atoms with Crippen molar-refractivity contribution in [3.63, 3.8) is 0 Å². The summed E-state index contributed by atoms with van der Waals surface area (Å²) in [5, 5.41) is 9.83. The van der Waals surface area contributed by atoms with E-state index < -0.39 is 5.97 Å². The van der Waals surface area contributed by atoms with Crippen molar-refractivity contribution in [2.24, 2.45) is 22.7 Å². The van der Waals surface area contributed by atoms with E-state index in [2.05, 4.69) is 20.8 Å². The third kappa shape index (κ3) is 2.98. The lowest BCUT2D eigenvalue weighted by atomic mass is 9.57. The van der Waals surface area contributed by atoms with Gasteiger partial charge in [-0.15, -0.1) is 0 Å². The Bertz CT molecular complexity index is 313. The molecule has 0 unspecified atom stereocenters. The van der Waals surface area contributed by atoms with Crippen LogP contribution in [0.2, 0.25) is 0 Å². The monoisotopic (exact) mass is 266 g/mol. The number of carboxylic acid groups (broad SMARTS) is 1. The van der Waals surface area contributed by atoms with E-state index in [0.717, 1.165) is 38.5 Å². The van der Waals surface area contributed by atoms with E-state index in [0.29, 0.717) is 17.3 Å². The van der Waals surface area contributed by atoms with Crippen molar-refractivity contribution in [2.45, 2.75) is 78.6 Å². The van der Waals surface area contributed by atoms with Crippen molar-refractivity contribution in [2.75, 3.05) is 0 Å². The van der Waals surface area contributed by atoms with Gasteiger partial charge in [0.2, 0.25) is 0 Å². The van der Waals surface area contributed by atoms with Gasteiger partial charge in [-0.3, -0.25) is 4.79 Å². The third-order valence-corrected chi connectivity index (χ3v) is 5.92. The minimum Gasteiger partial charge on any atom is -0.481 e. The third-order valence-electron chi connectivity index (χ3n) is 5.92. The zero-order chi connectivity index (χ0) is 14.1. The summed E-state index contributed by atoms with van der Waals surface area (Å²) >= 11 is 0. The molecule has 2 aliphatic rings. The standard InChI is InChI=1S/C17H30O2/c1-16(2,3)13-9-11-17(12-10-13,15(18)19)14-7-5-4-6-8-14/h13-14H,4-12H2,1-3H3,(H,18,19). The van der Waals surface area contributed by atoms with Crippen LogP contribution in [0.25, 0.3) is 0 Å². The van der Waals surface area contributed by atoms with Crippen molar-refractivity contribution >= 4 is 5.97 Å². The maximum absolute atomic E-state index is 11.9. The quantitative estimate of drug-likeness (QED) is 0.774. The van der Waals surface area contributed by atoms with Gasteiger partial charge in [0.25, 0.3) is 0 Å². The highest BCUT2D eigenvalue weighted by Gasteiger charge is 2.49. The van der Waals surface area contributed by atoms with Crippen molar-refractivity contribution in [1.29, 1.82) is 0 Å². The first-order chi connectivity index (χ1) is 8.86. The van der Waals surface area contributed by atoms with Crippen LogP contribution in [0.1, 0.15) is 78.6 Å². The molecule has 2 fully saturated rings. The molecule has 0 heterocycles. The molecule has 0 aliphatic heterocycles. The Hall–Kier alpha value is -0.530. The molecule has 2 aliphatic carbocycles. The van der Waals surface area contributed by atoms with E-state index in [1.54, 1.807) is 0 Å². The number of hydrogen-bond donors (Lipinski definition) is 1. The largest absolute Gasteiger partial charge is 0.481 e. The highest BCUT2D eigenvalue weighted by molar-refractivity contribution is 5.75. The predicted molar refractivity (Wildman–Crippen MR) is 78.1 cm³/mol. The Morgan fingerprint density at radius 1 is 1.00 bits per heavy atom. The Morgan fingerprint density at radius 3 is 1.95 bits per heavy atom. The smallest absolute Gasteiger partial charge is 0.309 e. The molecule has 0 bridgehead atoms. The molecule has 0 aromatic heterocycles. The fraction of sp³-hybridized carbons (Fsp3) is 0.941. The van der Waals surface area contributed by atoms with Crippen LogP contribution in [0.15, 0.2) is 0 Å². The molecule has 1 N–H and O–H groups in total. The second kappa shape index (κ2) is 5.46. The van der Waals surface area contributed by atoms with Crippen LogP contribution >= 0.6 is 0 Å². The molecule has 2 nitrogen and oxygen atoms in total. The van der Waals surface area contributed by atoms with E-state index in [9.17, 15) is 9.90 Å². The molecule has 0 amide bonds. The van der Waals surface area contributed by atoms with E-state index in [4.69, 9.17) is 0 Å². The first-order valence-electron chi connectivity index (χ1n) is 8.10. The molecule has 0 aromatic carbocycles. The normalized spacial score (nSPS) is 34.2. The lowest BCUT2D eigenvalue weighted by Gasteiger charge is -2.46. The number of hydrogen-bond acceptors (Lipinski definition) is 1. The maximum Gasteiger partial charge on any atom is 0.309 e. The summed E-state index contributed by atoms with van der Waals surface area (Å²) in [6.07, 6.45) is 10.1. The Morgan fingerprint density at radius 2 is 1.53 bits per heavy atom. The first kappa shape index (κ1) is 14.9. The van der Waals surface area contributed by atoms with E-state index in [1.165, 1.54) is 19.3 Å². The second-order valence-corrected chi connectivity index (χ2v) is 7.94. The van der Waals surface area contributed by atoms with Crippen LogP contribution in [0.3, 0.4) is 0 Å². The summed E-state index contributed by atoms with van der Waals surface area (Å²) < 4.78 is 0. The molecule has 0 spiro atoms. The summed E-state index contributed by atoms with van der Waals surface area (Å²) in [4.78, 5) is 11.9. The summed E-state index contributed by atoms with van der Waals surface area (Å²) in [6, 6.07) is 0. The molecule has 0 aromatic rings. The second-order valence-electron chi connectivity index (χ2n) is 7.94. The van der Waals surface area contributed by atoms with E-state index in [1.807, 2.05) is 0 Å². The minimum absolute atomic E-state index is 0.331. The van der Waals surface area contributed by atoms with Crippen molar-refractivity contribution in [3.8, 4) is 0 Å². The Labute approximate surface area is 118 Å². The highest BCUT2D eigenvalue weighted by Crippen LogP contribution is 2.52. The van der Waals surface area contributed by atoms with Crippen molar-refractivity contribution in [1.82, 2.24) is 0 Å². The molecule has 0 atom stereocenters. The van der Waals surface area contributed by atoms with Gasteiger partial charge in [-0.2, -0.15) is 0 Å². The van der Waals surface area contributed by atoms with Gasteiger partial charge in [0.1, 0.15) is 0 Å². The fourth-order valence-electron chi connectivity index (χ4n) is 4.45. The molecule has 2 saturated carbocycles. The van der Waals surface area contributed by atoms with Crippen LogP contribution in [0.4, 0.5) is 0 Å². The first-order valence-corrected chi connectivity index (χ1v) is 8.10. The van der Waals surface area contributed by atoms with Crippen LogP contribution in [0, 0.1) is 22.7 Å².